The van der Waals surface area contributed by atoms with E-state index in [0.29, 0.717) is 11.8 Å². The standard InChI is InChI=1S/C17H28N2O2/c1-4-18-16(11-14-6-5-7-15(20)10-14)17-12-19(13(2)3)8-9-21-17/h5-7,10,13,16-18,20H,4,8-9,11-12H2,1-3H3. The molecular formula is C17H28N2O2. The Morgan fingerprint density at radius 3 is 2.90 bits per heavy atom. The van der Waals surface area contributed by atoms with E-state index in [9.17, 15) is 5.11 Å². The van der Waals surface area contributed by atoms with Gasteiger partial charge >= 0.3 is 0 Å². The molecule has 2 rings (SSSR count). The predicted octanol–water partition coefficient (Wildman–Crippen LogP) is 2.02. The highest BCUT2D eigenvalue weighted by atomic mass is 16.5. The van der Waals surface area contributed by atoms with Gasteiger partial charge in [-0.1, -0.05) is 19.1 Å². The largest absolute Gasteiger partial charge is 0.508 e. The van der Waals surface area contributed by atoms with Crippen LogP contribution in [-0.4, -0.2) is 54.4 Å². The van der Waals surface area contributed by atoms with Gasteiger partial charge in [0.05, 0.1) is 12.7 Å². The Morgan fingerprint density at radius 1 is 1.43 bits per heavy atom. The third-order valence-corrected chi connectivity index (χ3v) is 4.14. The number of ether oxygens (including phenoxy) is 1. The number of hydrogen-bond acceptors (Lipinski definition) is 4. The van der Waals surface area contributed by atoms with Crippen molar-refractivity contribution in [1.29, 1.82) is 0 Å². The molecule has 4 heteroatoms. The van der Waals surface area contributed by atoms with E-state index in [2.05, 4.69) is 37.1 Å². The third kappa shape index (κ3) is 4.70. The van der Waals surface area contributed by atoms with Crippen molar-refractivity contribution in [2.24, 2.45) is 0 Å². The molecule has 1 heterocycles. The summed E-state index contributed by atoms with van der Waals surface area (Å²) < 4.78 is 6.01. The second kappa shape index (κ2) is 7.78. The van der Waals surface area contributed by atoms with Crippen LogP contribution >= 0.6 is 0 Å². The van der Waals surface area contributed by atoms with E-state index < -0.39 is 0 Å². The quantitative estimate of drug-likeness (QED) is 0.842. The minimum absolute atomic E-state index is 0.198. The average Bonchev–Trinajstić information content (AvgIpc) is 2.47. The Bertz CT molecular complexity index is 437. The molecule has 4 nitrogen and oxygen atoms in total. The number of morpholine rings is 1. The van der Waals surface area contributed by atoms with Gasteiger partial charge < -0.3 is 15.2 Å². The molecule has 0 aliphatic carbocycles. The third-order valence-electron chi connectivity index (χ3n) is 4.14. The fraction of sp³-hybridized carbons (Fsp3) is 0.647. The van der Waals surface area contributed by atoms with Crippen LogP contribution in [0.2, 0.25) is 0 Å². The van der Waals surface area contributed by atoms with Crippen LogP contribution < -0.4 is 5.32 Å². The molecule has 2 N–H and O–H groups in total. The van der Waals surface area contributed by atoms with Crippen LogP contribution in [0.15, 0.2) is 24.3 Å². The summed E-state index contributed by atoms with van der Waals surface area (Å²) in [5.41, 5.74) is 1.14. The van der Waals surface area contributed by atoms with Gasteiger partial charge in [0.1, 0.15) is 5.75 Å². The molecule has 2 unspecified atom stereocenters. The van der Waals surface area contributed by atoms with Crippen LogP contribution in [0.4, 0.5) is 0 Å². The number of nitrogens with zero attached hydrogens (tertiary/aromatic N) is 1. The number of benzene rings is 1. The summed E-state index contributed by atoms with van der Waals surface area (Å²) in [6.07, 6.45) is 1.07. The molecule has 21 heavy (non-hydrogen) atoms. The van der Waals surface area contributed by atoms with Crippen molar-refractivity contribution >= 4 is 0 Å². The molecule has 2 atom stereocenters. The van der Waals surface area contributed by atoms with Gasteiger partial charge in [-0.25, -0.2) is 0 Å². The molecule has 0 radical (unpaired) electrons. The van der Waals surface area contributed by atoms with Gasteiger partial charge in [-0.15, -0.1) is 0 Å². The van der Waals surface area contributed by atoms with Gasteiger partial charge in [0.25, 0.3) is 0 Å². The van der Waals surface area contributed by atoms with Gasteiger partial charge in [0.2, 0.25) is 0 Å². The number of nitrogens with one attached hydrogen (secondary N) is 1. The van der Waals surface area contributed by atoms with Crippen molar-refractivity contribution in [1.82, 2.24) is 10.2 Å². The summed E-state index contributed by atoms with van der Waals surface area (Å²) in [5, 5.41) is 13.2. The summed E-state index contributed by atoms with van der Waals surface area (Å²) in [6.45, 7) is 10.3. The highest BCUT2D eigenvalue weighted by Crippen LogP contribution is 2.17. The molecule has 1 aliphatic rings. The van der Waals surface area contributed by atoms with Crippen LogP contribution in [-0.2, 0) is 11.2 Å². The Labute approximate surface area is 128 Å². The molecule has 0 amide bonds. The van der Waals surface area contributed by atoms with Gasteiger partial charge in [-0.2, -0.15) is 0 Å². The maximum Gasteiger partial charge on any atom is 0.115 e. The molecule has 1 aliphatic heterocycles. The zero-order valence-corrected chi connectivity index (χ0v) is 13.4. The zero-order chi connectivity index (χ0) is 15.2. The van der Waals surface area contributed by atoms with Gasteiger partial charge in [-0.3, -0.25) is 4.90 Å². The first-order valence-corrected chi connectivity index (χ1v) is 7.97. The number of hydrogen-bond donors (Lipinski definition) is 2. The Morgan fingerprint density at radius 2 is 2.24 bits per heavy atom. The summed E-state index contributed by atoms with van der Waals surface area (Å²) in [4.78, 5) is 2.47. The first-order chi connectivity index (χ1) is 10.1. The molecule has 1 saturated heterocycles. The Hall–Kier alpha value is -1.10. The van der Waals surface area contributed by atoms with E-state index in [4.69, 9.17) is 4.74 Å². The predicted molar refractivity (Wildman–Crippen MR) is 85.7 cm³/mol. The first kappa shape index (κ1) is 16.3. The number of phenolic OH excluding ortho intramolecular Hbond substituents is 1. The molecular weight excluding hydrogens is 264 g/mol. The smallest absolute Gasteiger partial charge is 0.115 e. The summed E-state index contributed by atoms with van der Waals surface area (Å²) in [7, 11) is 0. The molecule has 0 saturated carbocycles. The van der Waals surface area contributed by atoms with E-state index >= 15 is 0 Å². The van der Waals surface area contributed by atoms with Crippen molar-refractivity contribution in [3.8, 4) is 5.75 Å². The van der Waals surface area contributed by atoms with Gasteiger partial charge in [-0.05, 0) is 44.5 Å². The minimum atomic E-state index is 0.198. The summed E-state index contributed by atoms with van der Waals surface area (Å²) in [6, 6.07) is 8.34. The molecule has 1 aromatic rings. The van der Waals surface area contributed by atoms with E-state index in [-0.39, 0.29) is 12.1 Å². The van der Waals surface area contributed by atoms with Crippen molar-refractivity contribution in [2.45, 2.75) is 45.4 Å². The Kier molecular flexibility index (Phi) is 6.03. The minimum Gasteiger partial charge on any atom is -0.508 e. The second-order valence-electron chi connectivity index (χ2n) is 6.04. The van der Waals surface area contributed by atoms with E-state index in [0.717, 1.165) is 38.2 Å². The number of rotatable bonds is 6. The lowest BCUT2D eigenvalue weighted by molar-refractivity contribution is -0.0550. The summed E-state index contributed by atoms with van der Waals surface area (Å²) in [5.74, 6) is 0.330. The molecule has 0 spiro atoms. The normalized spacial score (nSPS) is 21.6. The molecule has 1 fully saturated rings. The monoisotopic (exact) mass is 292 g/mol. The van der Waals surface area contributed by atoms with Crippen molar-refractivity contribution in [3.63, 3.8) is 0 Å². The maximum atomic E-state index is 9.62. The van der Waals surface area contributed by atoms with E-state index in [1.54, 1.807) is 6.07 Å². The number of aromatic hydroxyl groups is 1. The molecule has 1 aromatic carbocycles. The SMILES string of the molecule is CCNC(Cc1cccc(O)c1)C1CN(C(C)C)CCO1. The fourth-order valence-electron chi connectivity index (χ4n) is 2.94. The van der Waals surface area contributed by atoms with Crippen molar-refractivity contribution < 1.29 is 9.84 Å². The average molecular weight is 292 g/mol. The van der Waals surface area contributed by atoms with Crippen LogP contribution in [0.25, 0.3) is 0 Å². The summed E-state index contributed by atoms with van der Waals surface area (Å²) >= 11 is 0. The first-order valence-electron chi connectivity index (χ1n) is 7.97. The lowest BCUT2D eigenvalue weighted by Gasteiger charge is -2.39. The topological polar surface area (TPSA) is 44.7 Å². The van der Waals surface area contributed by atoms with E-state index in [1.807, 2.05) is 12.1 Å². The lowest BCUT2D eigenvalue weighted by Crippen LogP contribution is -2.54. The number of phenols is 1. The molecule has 118 valence electrons. The van der Waals surface area contributed by atoms with E-state index in [1.165, 1.54) is 0 Å². The number of likely N-dealkylation sites (N-methyl/N-ethyl adjacent to an activating group) is 1. The lowest BCUT2D eigenvalue weighted by atomic mass is 9.99. The van der Waals surface area contributed by atoms with Gasteiger partial charge in [0.15, 0.2) is 0 Å². The fourth-order valence-corrected chi connectivity index (χ4v) is 2.94. The van der Waals surface area contributed by atoms with Crippen LogP contribution in [0, 0.1) is 0 Å². The second-order valence-corrected chi connectivity index (χ2v) is 6.04. The van der Waals surface area contributed by atoms with Crippen LogP contribution in [0.5, 0.6) is 5.75 Å². The van der Waals surface area contributed by atoms with Crippen LogP contribution in [0.3, 0.4) is 0 Å². The highest BCUT2D eigenvalue weighted by molar-refractivity contribution is 5.27. The van der Waals surface area contributed by atoms with Gasteiger partial charge in [0, 0.05) is 25.2 Å². The molecule has 0 bridgehead atoms. The van der Waals surface area contributed by atoms with Crippen LogP contribution in [0.1, 0.15) is 26.3 Å². The van der Waals surface area contributed by atoms with Crippen molar-refractivity contribution in [2.75, 3.05) is 26.2 Å². The van der Waals surface area contributed by atoms with Crippen molar-refractivity contribution in [3.05, 3.63) is 29.8 Å². The molecule has 0 aromatic heterocycles. The Balaban J connectivity index is 2.03. The highest BCUT2D eigenvalue weighted by Gasteiger charge is 2.28. The zero-order valence-electron chi connectivity index (χ0n) is 13.4. The maximum absolute atomic E-state index is 9.62.